The van der Waals surface area contributed by atoms with E-state index in [0.717, 1.165) is 11.3 Å². The van der Waals surface area contributed by atoms with Gasteiger partial charge in [-0.3, -0.25) is 4.79 Å². The summed E-state index contributed by atoms with van der Waals surface area (Å²) < 4.78 is 16.0. The second-order valence-corrected chi connectivity index (χ2v) is 10.5. The Bertz CT molecular complexity index is 1420. The molecule has 4 rings (SSSR count). The number of hydrogen-bond acceptors (Lipinski definition) is 5. The number of amides is 1. The van der Waals surface area contributed by atoms with E-state index in [0.29, 0.717) is 28.1 Å². The Morgan fingerprint density at radius 1 is 0.854 bits per heavy atom. The lowest BCUT2D eigenvalue weighted by atomic mass is 9.94. The quantitative estimate of drug-likeness (QED) is 0.184. The first-order valence-electron chi connectivity index (χ1n) is 13.8. The fraction of sp³-hybridized carbons (Fsp3) is 0.303. The van der Waals surface area contributed by atoms with Crippen molar-refractivity contribution >= 4 is 11.6 Å². The van der Waals surface area contributed by atoms with E-state index in [4.69, 9.17) is 5.11 Å². The highest BCUT2D eigenvalue weighted by molar-refractivity contribution is 6.12. The second-order valence-electron chi connectivity index (χ2n) is 10.5. The van der Waals surface area contributed by atoms with Crippen LogP contribution in [0.25, 0.3) is 22.4 Å². The number of rotatable bonds is 12. The molecule has 4 aromatic rings. The van der Waals surface area contributed by atoms with Gasteiger partial charge >= 0.3 is 0 Å². The monoisotopic (exact) mass is 559 g/mol. The summed E-state index contributed by atoms with van der Waals surface area (Å²) >= 11 is 0. The van der Waals surface area contributed by atoms with Crippen LogP contribution in [-0.4, -0.2) is 44.3 Å². The third-order valence-electron chi connectivity index (χ3n) is 6.99. The third-order valence-corrected chi connectivity index (χ3v) is 6.99. The van der Waals surface area contributed by atoms with Gasteiger partial charge in [-0.2, -0.15) is 0 Å². The predicted octanol–water partition coefficient (Wildman–Crippen LogP) is 4.91. The minimum atomic E-state index is -1.92. The summed E-state index contributed by atoms with van der Waals surface area (Å²) in [6.07, 6.45) is -4.26. The van der Waals surface area contributed by atoms with E-state index in [-0.39, 0.29) is 43.4 Å². The molecule has 0 aliphatic heterocycles. The Morgan fingerprint density at radius 3 is 2.05 bits per heavy atom. The Balaban J connectivity index is 1.89. The van der Waals surface area contributed by atoms with E-state index in [1.807, 2.05) is 79.1 Å². The van der Waals surface area contributed by atoms with E-state index >= 15 is 0 Å². The molecular formula is C33H36FN2O5-. The summed E-state index contributed by atoms with van der Waals surface area (Å²) in [4.78, 5) is 14.1. The number of nitrogens with zero attached hydrogens (tertiary/aromatic N) is 1. The largest absolute Gasteiger partial charge is 0.831 e. The van der Waals surface area contributed by atoms with E-state index in [1.54, 1.807) is 12.1 Å². The number of aliphatic hydroxyl groups excluding tert-OH is 3. The summed E-state index contributed by atoms with van der Waals surface area (Å²) in [6, 6.07) is 24.8. The van der Waals surface area contributed by atoms with Crippen molar-refractivity contribution < 1.29 is 29.6 Å². The van der Waals surface area contributed by atoms with Crippen LogP contribution in [0.15, 0.2) is 84.9 Å². The molecule has 0 aliphatic rings. The number of halogens is 1. The smallest absolute Gasteiger partial charge is 0.258 e. The summed E-state index contributed by atoms with van der Waals surface area (Å²) in [6.45, 7) is 4.26. The van der Waals surface area contributed by atoms with Gasteiger partial charge in [-0.1, -0.05) is 62.4 Å². The predicted molar refractivity (Wildman–Crippen MR) is 156 cm³/mol. The zero-order valence-electron chi connectivity index (χ0n) is 23.2. The molecule has 0 bridgehead atoms. The number of para-hydroxylation sites is 1. The van der Waals surface area contributed by atoms with Gasteiger partial charge in [0.15, 0.2) is 0 Å². The van der Waals surface area contributed by atoms with Crippen LogP contribution in [-0.2, 0) is 6.54 Å². The van der Waals surface area contributed by atoms with Crippen molar-refractivity contribution in [2.24, 2.45) is 0 Å². The van der Waals surface area contributed by atoms with Gasteiger partial charge in [-0.15, -0.1) is 0 Å². The van der Waals surface area contributed by atoms with Gasteiger partial charge in [0.25, 0.3) is 5.91 Å². The Hall–Kier alpha value is -3.82. The molecular weight excluding hydrogens is 523 g/mol. The SMILES string of the molecule is CC(C)c1c(C(=O)Nc2ccccc2)c(-c2ccccc2)c(-c2ccc(F)cc2)n1CC[C@@H](O)C[C@@H](O)CC([O-])O. The fourth-order valence-electron chi connectivity index (χ4n) is 5.25. The van der Waals surface area contributed by atoms with Crippen LogP contribution in [0, 0.1) is 5.82 Å². The summed E-state index contributed by atoms with van der Waals surface area (Å²) in [5.41, 5.74) is 4.80. The van der Waals surface area contributed by atoms with Crippen molar-refractivity contribution in [3.05, 3.63) is 102 Å². The Morgan fingerprint density at radius 2 is 1.46 bits per heavy atom. The highest BCUT2D eigenvalue weighted by atomic mass is 19.1. The van der Waals surface area contributed by atoms with Crippen molar-refractivity contribution in [3.63, 3.8) is 0 Å². The normalized spacial score (nSPS) is 13.7. The van der Waals surface area contributed by atoms with Crippen LogP contribution in [0.2, 0.25) is 0 Å². The average Bonchev–Trinajstić information content (AvgIpc) is 3.28. The van der Waals surface area contributed by atoms with Crippen molar-refractivity contribution in [2.75, 3.05) is 5.32 Å². The lowest BCUT2D eigenvalue weighted by Gasteiger charge is -2.22. The molecule has 8 heteroatoms. The summed E-state index contributed by atoms with van der Waals surface area (Å²) in [5.74, 6) is -0.785. The van der Waals surface area contributed by atoms with Crippen molar-refractivity contribution in [2.45, 2.75) is 64.1 Å². The molecule has 3 atom stereocenters. The number of carbonyl (C=O) groups is 1. The lowest BCUT2D eigenvalue weighted by molar-refractivity contribution is -0.486. The first-order valence-corrected chi connectivity index (χ1v) is 13.8. The molecule has 0 saturated carbocycles. The van der Waals surface area contributed by atoms with Gasteiger partial charge in [-0.05, 0) is 79.0 Å². The van der Waals surface area contributed by atoms with E-state index in [9.17, 15) is 24.5 Å². The maximum atomic E-state index is 14.1. The van der Waals surface area contributed by atoms with Gasteiger partial charge < -0.3 is 30.3 Å². The van der Waals surface area contributed by atoms with Crippen molar-refractivity contribution in [1.82, 2.24) is 4.57 Å². The van der Waals surface area contributed by atoms with Crippen LogP contribution < -0.4 is 10.4 Å². The van der Waals surface area contributed by atoms with Crippen molar-refractivity contribution in [1.29, 1.82) is 0 Å². The number of nitrogens with one attached hydrogen (secondary N) is 1. The number of aliphatic hydroxyl groups is 3. The van der Waals surface area contributed by atoms with Crippen LogP contribution in [0.5, 0.6) is 0 Å². The number of carbonyl (C=O) groups excluding carboxylic acids is 1. The van der Waals surface area contributed by atoms with E-state index < -0.39 is 18.5 Å². The maximum absolute atomic E-state index is 14.1. The highest BCUT2D eigenvalue weighted by Crippen LogP contribution is 2.42. The molecule has 0 fully saturated rings. The van der Waals surface area contributed by atoms with Gasteiger partial charge in [-0.25, -0.2) is 4.39 Å². The molecule has 216 valence electrons. The highest BCUT2D eigenvalue weighted by Gasteiger charge is 2.30. The van der Waals surface area contributed by atoms with Gasteiger partial charge in [0, 0.05) is 23.5 Å². The topological polar surface area (TPSA) is 118 Å². The first kappa shape index (κ1) is 30.1. The van der Waals surface area contributed by atoms with E-state index in [2.05, 4.69) is 5.32 Å². The molecule has 0 saturated heterocycles. The number of anilines is 1. The maximum Gasteiger partial charge on any atom is 0.258 e. The average molecular weight is 560 g/mol. The van der Waals surface area contributed by atoms with Gasteiger partial charge in [0.1, 0.15) is 5.82 Å². The van der Waals surface area contributed by atoms with Crippen LogP contribution in [0.3, 0.4) is 0 Å². The minimum absolute atomic E-state index is 0.0731. The lowest BCUT2D eigenvalue weighted by Crippen LogP contribution is -2.31. The molecule has 1 aromatic heterocycles. The molecule has 4 N–H and O–H groups in total. The first-order chi connectivity index (χ1) is 19.7. The molecule has 0 spiro atoms. The summed E-state index contributed by atoms with van der Waals surface area (Å²) in [5, 5.41) is 44.0. The van der Waals surface area contributed by atoms with Crippen LogP contribution in [0.4, 0.5) is 10.1 Å². The molecule has 1 heterocycles. The zero-order valence-corrected chi connectivity index (χ0v) is 23.2. The molecule has 7 nitrogen and oxygen atoms in total. The molecule has 3 aromatic carbocycles. The van der Waals surface area contributed by atoms with Gasteiger partial charge in [0.2, 0.25) is 0 Å². The zero-order chi connectivity index (χ0) is 29.5. The standard InChI is InChI=1S/C33H36FN2O5/c1-21(2)31-30(33(41)35-25-11-7-4-8-12-25)29(22-9-5-3-6-10-22)32(23-13-15-24(34)16-14-23)36(31)18-17-26(37)19-27(38)20-28(39)40/h3-16,21,26-28,37-39H,17-20H2,1-2H3,(H,35,41)/q-1/t26-,27-,28?/m1/s1. The number of aromatic nitrogens is 1. The second kappa shape index (κ2) is 13.7. The third kappa shape index (κ3) is 7.48. The number of hydrogen-bond donors (Lipinski definition) is 4. The minimum Gasteiger partial charge on any atom is -0.831 e. The van der Waals surface area contributed by atoms with Gasteiger partial charge in [0.05, 0.1) is 23.5 Å². The molecule has 41 heavy (non-hydrogen) atoms. The molecule has 0 aliphatic carbocycles. The number of benzene rings is 3. The molecule has 1 unspecified atom stereocenters. The van der Waals surface area contributed by atoms with Crippen LogP contribution in [0.1, 0.15) is 55.1 Å². The van der Waals surface area contributed by atoms with Crippen molar-refractivity contribution in [3.8, 4) is 22.4 Å². The Labute approximate surface area is 239 Å². The van der Waals surface area contributed by atoms with Crippen LogP contribution >= 0.6 is 0 Å². The fourth-order valence-corrected chi connectivity index (χ4v) is 5.25. The Kier molecular flexibility index (Phi) is 10.1. The van der Waals surface area contributed by atoms with E-state index in [1.165, 1.54) is 12.1 Å². The summed E-state index contributed by atoms with van der Waals surface area (Å²) in [7, 11) is 0. The molecule has 1 amide bonds. The molecule has 0 radical (unpaired) electrons.